The van der Waals surface area contributed by atoms with E-state index in [-0.39, 0.29) is 0 Å². The van der Waals surface area contributed by atoms with E-state index in [1.807, 2.05) is 12.1 Å². The first-order valence-corrected chi connectivity index (χ1v) is 4.88. The van der Waals surface area contributed by atoms with Crippen LogP contribution in [0.5, 0.6) is 5.75 Å². The van der Waals surface area contributed by atoms with E-state index in [1.165, 1.54) is 11.3 Å². The Morgan fingerprint density at radius 2 is 2.21 bits per heavy atom. The number of rotatable bonds is 0. The summed E-state index contributed by atoms with van der Waals surface area (Å²) in [6.45, 7) is 1.87. The van der Waals surface area contributed by atoms with Crippen molar-refractivity contribution in [2.24, 2.45) is 0 Å². The van der Waals surface area contributed by atoms with Crippen molar-refractivity contribution in [2.75, 3.05) is 6.54 Å². The van der Waals surface area contributed by atoms with E-state index in [0.717, 1.165) is 30.4 Å². The first kappa shape index (κ1) is 7.88. The van der Waals surface area contributed by atoms with Crippen LogP contribution in [0.2, 0.25) is 0 Å². The van der Waals surface area contributed by atoms with Gasteiger partial charge in [0.25, 0.3) is 0 Å². The Hall–Kier alpha value is -1.48. The van der Waals surface area contributed by atoms with Crippen LogP contribution in [0.1, 0.15) is 11.3 Å². The summed E-state index contributed by atoms with van der Waals surface area (Å²) >= 11 is 0. The summed E-state index contributed by atoms with van der Waals surface area (Å²) in [5.41, 5.74) is 3.53. The Labute approximate surface area is 81.8 Å². The number of hydrogen-bond donors (Lipinski definition) is 3. The highest BCUT2D eigenvalue weighted by atomic mass is 16.3. The lowest BCUT2D eigenvalue weighted by molar-refractivity contribution is 0.481. The largest absolute Gasteiger partial charge is 0.507 e. The van der Waals surface area contributed by atoms with Crippen LogP contribution in [-0.4, -0.2) is 16.6 Å². The topological polar surface area (TPSA) is 48.0 Å². The predicted octanol–water partition coefficient (Wildman–Crippen LogP) is 1.52. The number of phenols is 1. The van der Waals surface area contributed by atoms with Gasteiger partial charge in [-0.15, -0.1) is 0 Å². The van der Waals surface area contributed by atoms with Gasteiger partial charge in [-0.1, -0.05) is 6.07 Å². The van der Waals surface area contributed by atoms with Crippen LogP contribution < -0.4 is 5.32 Å². The van der Waals surface area contributed by atoms with E-state index in [9.17, 15) is 5.11 Å². The highest BCUT2D eigenvalue weighted by Crippen LogP contribution is 2.31. The van der Waals surface area contributed by atoms with E-state index < -0.39 is 0 Å². The van der Waals surface area contributed by atoms with Crippen molar-refractivity contribution >= 4 is 10.9 Å². The van der Waals surface area contributed by atoms with Gasteiger partial charge >= 0.3 is 0 Å². The number of aromatic amines is 1. The molecule has 1 aliphatic heterocycles. The maximum Gasteiger partial charge on any atom is 0.125 e. The molecule has 0 spiro atoms. The van der Waals surface area contributed by atoms with Crippen molar-refractivity contribution in [3.05, 3.63) is 29.5 Å². The molecule has 1 aromatic carbocycles. The third-order valence-corrected chi connectivity index (χ3v) is 2.85. The lowest BCUT2D eigenvalue weighted by Gasteiger charge is -2.12. The standard InChI is InChI=1S/C11H12N2O/c14-10-3-1-2-9-11(10)7-6-12-5-4-8(7)13-9/h1-3,12-14H,4-6H2. The first-order valence-electron chi connectivity index (χ1n) is 4.88. The number of aromatic nitrogens is 1. The highest BCUT2D eigenvalue weighted by Gasteiger charge is 2.16. The molecule has 3 rings (SSSR count). The molecule has 0 radical (unpaired) electrons. The van der Waals surface area contributed by atoms with Crippen molar-refractivity contribution in [1.29, 1.82) is 0 Å². The lowest BCUT2D eigenvalue weighted by Crippen LogP contribution is -2.22. The minimum atomic E-state index is 0.378. The molecular weight excluding hydrogens is 176 g/mol. The molecule has 2 heterocycles. The molecule has 1 aromatic heterocycles. The van der Waals surface area contributed by atoms with Gasteiger partial charge < -0.3 is 15.4 Å². The molecule has 3 nitrogen and oxygen atoms in total. The maximum atomic E-state index is 9.77. The average Bonchev–Trinajstić information content (AvgIpc) is 2.57. The third-order valence-electron chi connectivity index (χ3n) is 2.85. The maximum absolute atomic E-state index is 9.77. The van der Waals surface area contributed by atoms with Gasteiger partial charge in [0.05, 0.1) is 0 Å². The SMILES string of the molecule is Oc1cccc2[nH]c3c(c12)CNCC3. The minimum Gasteiger partial charge on any atom is -0.507 e. The van der Waals surface area contributed by atoms with Gasteiger partial charge in [0, 0.05) is 36.1 Å². The molecule has 1 aliphatic rings. The van der Waals surface area contributed by atoms with Crippen LogP contribution in [0.4, 0.5) is 0 Å². The minimum absolute atomic E-state index is 0.378. The summed E-state index contributed by atoms with van der Waals surface area (Å²) in [7, 11) is 0. The van der Waals surface area contributed by atoms with Crippen molar-refractivity contribution in [3.63, 3.8) is 0 Å². The molecule has 3 N–H and O–H groups in total. The van der Waals surface area contributed by atoms with Gasteiger partial charge in [0.1, 0.15) is 5.75 Å². The normalized spacial score (nSPS) is 15.7. The first-order chi connectivity index (χ1) is 6.86. The molecule has 3 heteroatoms. The fourth-order valence-electron chi connectivity index (χ4n) is 2.19. The molecule has 72 valence electrons. The average molecular weight is 188 g/mol. The summed E-state index contributed by atoms with van der Waals surface area (Å²) in [6, 6.07) is 5.62. The van der Waals surface area contributed by atoms with Gasteiger partial charge in [0.2, 0.25) is 0 Å². The Morgan fingerprint density at radius 1 is 1.29 bits per heavy atom. The number of hydrogen-bond acceptors (Lipinski definition) is 2. The van der Waals surface area contributed by atoms with Gasteiger partial charge in [-0.3, -0.25) is 0 Å². The number of nitrogens with one attached hydrogen (secondary N) is 2. The van der Waals surface area contributed by atoms with Crippen LogP contribution in [-0.2, 0) is 13.0 Å². The number of benzene rings is 1. The van der Waals surface area contributed by atoms with E-state index in [4.69, 9.17) is 0 Å². The number of H-pyrrole nitrogens is 1. The van der Waals surface area contributed by atoms with Crippen molar-refractivity contribution in [2.45, 2.75) is 13.0 Å². The van der Waals surface area contributed by atoms with E-state index in [1.54, 1.807) is 6.07 Å². The van der Waals surface area contributed by atoms with Gasteiger partial charge in [-0.05, 0) is 17.7 Å². The summed E-state index contributed by atoms with van der Waals surface area (Å²) < 4.78 is 0. The third kappa shape index (κ3) is 0.960. The Kier molecular flexibility index (Phi) is 1.55. The quantitative estimate of drug-likeness (QED) is 0.587. The van der Waals surface area contributed by atoms with Gasteiger partial charge in [-0.25, -0.2) is 0 Å². The number of aromatic hydroxyl groups is 1. The second-order valence-electron chi connectivity index (χ2n) is 3.71. The van der Waals surface area contributed by atoms with Crippen LogP contribution in [0.3, 0.4) is 0 Å². The number of fused-ring (bicyclic) bond motifs is 3. The second kappa shape index (κ2) is 2.75. The lowest BCUT2D eigenvalue weighted by atomic mass is 10.1. The molecule has 0 saturated carbocycles. The number of phenolic OH excluding ortho intramolecular Hbond substituents is 1. The predicted molar refractivity (Wildman–Crippen MR) is 55.4 cm³/mol. The van der Waals surface area contributed by atoms with Gasteiger partial charge in [-0.2, -0.15) is 0 Å². The van der Waals surface area contributed by atoms with Crippen LogP contribution in [0.25, 0.3) is 10.9 Å². The molecule has 0 unspecified atom stereocenters. The molecule has 0 atom stereocenters. The molecular formula is C11H12N2O. The molecule has 0 aliphatic carbocycles. The Morgan fingerprint density at radius 3 is 3.14 bits per heavy atom. The summed E-state index contributed by atoms with van der Waals surface area (Å²) in [5.74, 6) is 0.378. The molecule has 0 bridgehead atoms. The van der Waals surface area contributed by atoms with E-state index >= 15 is 0 Å². The van der Waals surface area contributed by atoms with E-state index in [0.29, 0.717) is 5.75 Å². The van der Waals surface area contributed by atoms with Crippen molar-refractivity contribution in [3.8, 4) is 5.75 Å². The highest BCUT2D eigenvalue weighted by molar-refractivity contribution is 5.90. The monoisotopic (exact) mass is 188 g/mol. The van der Waals surface area contributed by atoms with Gasteiger partial charge in [0.15, 0.2) is 0 Å². The van der Waals surface area contributed by atoms with Crippen LogP contribution in [0, 0.1) is 0 Å². The zero-order valence-electron chi connectivity index (χ0n) is 7.80. The molecule has 2 aromatic rings. The molecule has 0 saturated heterocycles. The van der Waals surface area contributed by atoms with Crippen molar-refractivity contribution in [1.82, 2.24) is 10.3 Å². The van der Waals surface area contributed by atoms with Crippen LogP contribution >= 0.6 is 0 Å². The molecule has 14 heavy (non-hydrogen) atoms. The fourth-order valence-corrected chi connectivity index (χ4v) is 2.19. The van der Waals surface area contributed by atoms with Crippen LogP contribution in [0.15, 0.2) is 18.2 Å². The van der Waals surface area contributed by atoms with Crippen molar-refractivity contribution < 1.29 is 5.11 Å². The second-order valence-corrected chi connectivity index (χ2v) is 3.71. The Balaban J connectivity index is 2.38. The molecule has 0 fully saturated rings. The summed E-state index contributed by atoms with van der Waals surface area (Å²) in [5, 5.41) is 14.1. The Bertz CT molecular complexity index is 487. The zero-order valence-corrected chi connectivity index (χ0v) is 7.80. The fraction of sp³-hybridized carbons (Fsp3) is 0.273. The summed E-state index contributed by atoms with van der Waals surface area (Å²) in [6.07, 6.45) is 1.02. The smallest absolute Gasteiger partial charge is 0.125 e. The van der Waals surface area contributed by atoms with E-state index in [2.05, 4.69) is 10.3 Å². The zero-order chi connectivity index (χ0) is 9.54. The summed E-state index contributed by atoms with van der Waals surface area (Å²) in [4.78, 5) is 3.36. The molecule has 0 amide bonds.